The molecule has 0 saturated heterocycles. The second-order valence-electron chi connectivity index (χ2n) is 4.36. The Morgan fingerprint density at radius 1 is 1.33 bits per heavy atom. The summed E-state index contributed by atoms with van der Waals surface area (Å²) in [6.45, 7) is 2.10. The molecule has 0 radical (unpaired) electrons. The Kier molecular flexibility index (Phi) is 1.78. The first-order chi connectivity index (χ1) is 7.25. The van der Waals surface area contributed by atoms with Crippen molar-refractivity contribution < 1.29 is 4.42 Å². The molecule has 2 aromatic rings. The summed E-state index contributed by atoms with van der Waals surface area (Å²) in [6, 6.07) is 6.45. The lowest BCUT2D eigenvalue weighted by Crippen LogP contribution is -2.26. The van der Waals surface area contributed by atoms with E-state index in [4.69, 9.17) is 4.42 Å². The van der Waals surface area contributed by atoms with Gasteiger partial charge in [-0.2, -0.15) is 0 Å². The van der Waals surface area contributed by atoms with Crippen LogP contribution in [0.1, 0.15) is 18.4 Å². The van der Waals surface area contributed by atoms with Gasteiger partial charge in [-0.15, -0.1) is 0 Å². The van der Waals surface area contributed by atoms with Crippen LogP contribution >= 0.6 is 0 Å². The number of hydrogen-bond acceptors (Lipinski definition) is 1. The summed E-state index contributed by atoms with van der Waals surface area (Å²) in [6.07, 6.45) is 4.48. The van der Waals surface area contributed by atoms with E-state index in [1.807, 2.05) is 0 Å². The number of furan rings is 1. The molecule has 2 heteroatoms. The van der Waals surface area contributed by atoms with Crippen LogP contribution in [-0.2, 0) is 0 Å². The summed E-state index contributed by atoms with van der Waals surface area (Å²) >= 11 is 0. The molecule has 74 valence electrons. The average Bonchev–Trinajstić information content (AvgIpc) is 2.56. The van der Waals surface area contributed by atoms with Crippen LogP contribution in [0.2, 0.25) is 0 Å². The van der Waals surface area contributed by atoms with E-state index >= 15 is 0 Å². The molecular weight excluding hydrogens is 183 g/mol. The molecule has 0 spiro atoms. The monoisotopic (exact) mass is 196 g/mol. The maximum Gasteiger partial charge on any atom is 0.135 e. The third-order valence-electron chi connectivity index (χ3n) is 3.15. The molecule has 0 N–H and O–H groups in total. The van der Waals surface area contributed by atoms with Crippen molar-refractivity contribution in [2.24, 2.45) is 0 Å². The van der Waals surface area contributed by atoms with E-state index in [0.717, 1.165) is 23.8 Å². The SMILES string of the molecule is BC1=c2c(oc3cc(C)ccc23)=CCC1. The first-order valence-corrected chi connectivity index (χ1v) is 5.45. The summed E-state index contributed by atoms with van der Waals surface area (Å²) in [5.41, 5.74) is 4.80. The second-order valence-corrected chi connectivity index (χ2v) is 4.36. The Morgan fingerprint density at radius 3 is 3.07 bits per heavy atom. The van der Waals surface area contributed by atoms with Crippen LogP contribution in [0.5, 0.6) is 0 Å². The van der Waals surface area contributed by atoms with Gasteiger partial charge in [0.2, 0.25) is 0 Å². The summed E-state index contributed by atoms with van der Waals surface area (Å²) in [4.78, 5) is 0. The Bertz CT molecular complexity index is 649. The summed E-state index contributed by atoms with van der Waals surface area (Å²) in [5.74, 6) is 0. The number of hydrogen-bond donors (Lipinski definition) is 0. The van der Waals surface area contributed by atoms with Gasteiger partial charge in [0, 0.05) is 10.6 Å². The van der Waals surface area contributed by atoms with Crippen molar-refractivity contribution in [3.8, 4) is 0 Å². The maximum absolute atomic E-state index is 5.87. The van der Waals surface area contributed by atoms with Gasteiger partial charge in [-0.25, -0.2) is 0 Å². The molecule has 1 aromatic heterocycles. The topological polar surface area (TPSA) is 13.1 Å². The molecule has 1 aromatic carbocycles. The summed E-state index contributed by atoms with van der Waals surface area (Å²) in [5, 5.41) is 2.60. The fourth-order valence-corrected chi connectivity index (χ4v) is 2.35. The third-order valence-corrected chi connectivity index (χ3v) is 3.15. The molecular formula is C13H13BO. The molecule has 1 nitrogen and oxygen atoms in total. The Morgan fingerprint density at radius 2 is 2.20 bits per heavy atom. The summed E-state index contributed by atoms with van der Waals surface area (Å²) < 4.78 is 5.87. The second kappa shape index (κ2) is 3.03. The third kappa shape index (κ3) is 1.24. The van der Waals surface area contributed by atoms with Crippen LogP contribution in [0.15, 0.2) is 22.6 Å². The van der Waals surface area contributed by atoms with Gasteiger partial charge >= 0.3 is 0 Å². The fraction of sp³-hybridized carbons (Fsp3) is 0.231. The Balaban J connectivity index is 2.59. The largest absolute Gasteiger partial charge is 0.456 e. The van der Waals surface area contributed by atoms with E-state index in [1.54, 1.807) is 0 Å². The molecule has 15 heavy (non-hydrogen) atoms. The van der Waals surface area contributed by atoms with Gasteiger partial charge in [0.05, 0.1) is 0 Å². The van der Waals surface area contributed by atoms with Gasteiger partial charge in [-0.3, -0.25) is 0 Å². The minimum Gasteiger partial charge on any atom is -0.456 e. The van der Waals surface area contributed by atoms with E-state index in [9.17, 15) is 0 Å². The molecule has 0 fully saturated rings. The first kappa shape index (κ1) is 8.84. The highest BCUT2D eigenvalue weighted by Crippen LogP contribution is 2.14. The molecule has 0 saturated carbocycles. The highest BCUT2D eigenvalue weighted by atomic mass is 16.3. The van der Waals surface area contributed by atoms with Gasteiger partial charge in [-0.1, -0.05) is 17.6 Å². The number of rotatable bonds is 0. The van der Waals surface area contributed by atoms with Crippen molar-refractivity contribution in [1.29, 1.82) is 0 Å². The summed E-state index contributed by atoms with van der Waals surface area (Å²) in [7, 11) is 2.21. The first-order valence-electron chi connectivity index (χ1n) is 5.45. The van der Waals surface area contributed by atoms with Crippen molar-refractivity contribution in [2.75, 3.05) is 0 Å². The predicted octanol–water partition coefficient (Wildman–Crippen LogP) is 1.06. The van der Waals surface area contributed by atoms with Crippen LogP contribution in [0.3, 0.4) is 0 Å². The Hall–Kier alpha value is -1.44. The number of benzene rings is 1. The van der Waals surface area contributed by atoms with E-state index in [-0.39, 0.29) is 0 Å². The lowest BCUT2D eigenvalue weighted by atomic mass is 9.86. The maximum atomic E-state index is 5.87. The highest BCUT2D eigenvalue weighted by molar-refractivity contribution is 6.38. The zero-order chi connectivity index (χ0) is 10.4. The van der Waals surface area contributed by atoms with Crippen molar-refractivity contribution in [3.63, 3.8) is 0 Å². The van der Waals surface area contributed by atoms with E-state index in [1.165, 1.54) is 21.6 Å². The lowest BCUT2D eigenvalue weighted by Gasteiger charge is -2.00. The molecule has 0 atom stereocenters. The zero-order valence-electron chi connectivity index (χ0n) is 9.13. The zero-order valence-corrected chi connectivity index (χ0v) is 9.13. The van der Waals surface area contributed by atoms with Crippen molar-refractivity contribution in [1.82, 2.24) is 0 Å². The minimum atomic E-state index is 1.03. The number of aryl methyl sites for hydroxylation is 1. The van der Waals surface area contributed by atoms with Gasteiger partial charge in [0.1, 0.15) is 18.8 Å². The Labute approximate surface area is 89.5 Å². The molecule has 1 aliphatic rings. The standard InChI is InChI=1S/C13H13BO/c1-8-5-6-9-12(7-8)15-11-4-2-3-10(14)13(9)11/h4-7H,2-3,14H2,1H3. The van der Waals surface area contributed by atoms with Crippen molar-refractivity contribution in [2.45, 2.75) is 19.8 Å². The molecule has 0 amide bonds. The van der Waals surface area contributed by atoms with Crippen molar-refractivity contribution >= 4 is 30.4 Å². The van der Waals surface area contributed by atoms with Gasteiger partial charge < -0.3 is 4.42 Å². The molecule has 0 unspecified atom stereocenters. The quantitative estimate of drug-likeness (QED) is 0.574. The van der Waals surface area contributed by atoms with Crippen LogP contribution in [-0.4, -0.2) is 7.85 Å². The molecule has 0 bridgehead atoms. The van der Waals surface area contributed by atoms with Crippen molar-refractivity contribution in [3.05, 3.63) is 34.4 Å². The van der Waals surface area contributed by atoms with Crippen LogP contribution in [0.4, 0.5) is 0 Å². The molecule has 0 aliphatic heterocycles. The minimum absolute atomic E-state index is 1.03. The van der Waals surface area contributed by atoms with E-state index < -0.39 is 0 Å². The molecule has 3 rings (SSSR count). The van der Waals surface area contributed by atoms with Crippen LogP contribution < -0.4 is 10.6 Å². The van der Waals surface area contributed by atoms with Crippen LogP contribution in [0, 0.1) is 6.92 Å². The van der Waals surface area contributed by atoms with Crippen LogP contribution in [0.25, 0.3) is 22.5 Å². The normalized spacial score (nSPS) is 15.1. The fourth-order valence-electron chi connectivity index (χ4n) is 2.35. The molecule has 1 heterocycles. The predicted molar refractivity (Wildman–Crippen MR) is 65.9 cm³/mol. The number of fused-ring (bicyclic) bond motifs is 3. The average molecular weight is 196 g/mol. The lowest BCUT2D eigenvalue weighted by molar-refractivity contribution is 0.571. The van der Waals surface area contributed by atoms with E-state index in [0.29, 0.717) is 0 Å². The van der Waals surface area contributed by atoms with Gasteiger partial charge in [0.25, 0.3) is 0 Å². The smallest absolute Gasteiger partial charge is 0.135 e. The van der Waals surface area contributed by atoms with Gasteiger partial charge in [0.15, 0.2) is 0 Å². The molecule has 1 aliphatic carbocycles. The van der Waals surface area contributed by atoms with Gasteiger partial charge in [-0.05, 0) is 37.5 Å². The highest BCUT2D eigenvalue weighted by Gasteiger charge is 2.08. The van der Waals surface area contributed by atoms with E-state index in [2.05, 4.69) is 39.0 Å².